The van der Waals surface area contributed by atoms with Crippen LogP contribution in [0.3, 0.4) is 0 Å². The first-order valence-electron chi connectivity index (χ1n) is 6.09. The van der Waals surface area contributed by atoms with Gasteiger partial charge in [0.2, 0.25) is 0 Å². The summed E-state index contributed by atoms with van der Waals surface area (Å²) in [6.07, 6.45) is 5.62. The van der Waals surface area contributed by atoms with E-state index in [1.54, 1.807) is 0 Å². The third kappa shape index (κ3) is 2.11. The molecule has 0 amide bonds. The molecule has 1 aliphatic rings. The van der Waals surface area contributed by atoms with E-state index in [1.165, 1.54) is 19.3 Å². The summed E-state index contributed by atoms with van der Waals surface area (Å²) in [5, 5.41) is 5.23. The van der Waals surface area contributed by atoms with Crippen LogP contribution in [0.15, 0.2) is 0 Å². The molecule has 1 aromatic rings. The fourth-order valence-corrected chi connectivity index (χ4v) is 2.67. The predicted octanol–water partition coefficient (Wildman–Crippen LogP) is 2.31. The largest absolute Gasteiger partial charge is 0.327 e. The van der Waals surface area contributed by atoms with Crippen LogP contribution in [0.5, 0.6) is 0 Å². The maximum absolute atomic E-state index is 6.30. The molecular weight excluding hydrogens is 222 g/mol. The van der Waals surface area contributed by atoms with E-state index in [1.807, 2.05) is 11.7 Å². The highest BCUT2D eigenvalue weighted by Gasteiger charge is 2.26. The van der Waals surface area contributed by atoms with E-state index in [9.17, 15) is 0 Å². The van der Waals surface area contributed by atoms with Crippen molar-refractivity contribution < 1.29 is 0 Å². The Morgan fingerprint density at radius 1 is 1.56 bits per heavy atom. The molecule has 0 aliphatic heterocycles. The van der Waals surface area contributed by atoms with Gasteiger partial charge in [0.25, 0.3) is 0 Å². The molecule has 1 unspecified atom stereocenters. The number of aryl methyl sites for hydroxylation is 2. The average Bonchev–Trinajstić information content (AvgIpc) is 2.42. The molecule has 1 atom stereocenters. The number of aromatic nitrogens is 2. The molecular formula is C12H20ClN3. The first-order valence-corrected chi connectivity index (χ1v) is 6.47. The SMILES string of the molecule is CCc1nn(C)c(CC(N)C2CCC2)c1Cl. The normalized spacial score (nSPS) is 18.5. The number of nitrogens with zero attached hydrogens (tertiary/aromatic N) is 2. The van der Waals surface area contributed by atoms with E-state index in [0.29, 0.717) is 5.92 Å². The van der Waals surface area contributed by atoms with E-state index in [2.05, 4.69) is 12.0 Å². The van der Waals surface area contributed by atoms with E-state index in [-0.39, 0.29) is 6.04 Å². The van der Waals surface area contributed by atoms with Crippen molar-refractivity contribution in [2.45, 2.75) is 45.1 Å². The molecule has 2 N–H and O–H groups in total. The van der Waals surface area contributed by atoms with Crippen LogP contribution >= 0.6 is 11.6 Å². The zero-order valence-corrected chi connectivity index (χ0v) is 10.8. The lowest BCUT2D eigenvalue weighted by Gasteiger charge is -2.31. The first kappa shape index (κ1) is 11.9. The molecule has 0 aromatic carbocycles. The number of rotatable bonds is 4. The van der Waals surface area contributed by atoms with Crippen molar-refractivity contribution in [3.8, 4) is 0 Å². The third-order valence-electron chi connectivity index (χ3n) is 3.69. The molecule has 0 spiro atoms. The van der Waals surface area contributed by atoms with Gasteiger partial charge in [-0.05, 0) is 25.2 Å². The summed E-state index contributed by atoms with van der Waals surface area (Å²) in [7, 11) is 1.95. The quantitative estimate of drug-likeness (QED) is 0.879. The van der Waals surface area contributed by atoms with Crippen molar-refractivity contribution >= 4 is 11.6 Å². The van der Waals surface area contributed by atoms with Crippen LogP contribution in [0.4, 0.5) is 0 Å². The smallest absolute Gasteiger partial charge is 0.0850 e. The zero-order valence-electron chi connectivity index (χ0n) is 10.0. The Hall–Kier alpha value is -0.540. The lowest BCUT2D eigenvalue weighted by atomic mass is 9.78. The fourth-order valence-electron chi connectivity index (χ4n) is 2.30. The molecule has 1 aromatic heterocycles. The van der Waals surface area contributed by atoms with Crippen LogP contribution < -0.4 is 5.73 Å². The molecule has 90 valence electrons. The Morgan fingerprint density at radius 2 is 2.25 bits per heavy atom. The molecule has 0 radical (unpaired) electrons. The summed E-state index contributed by atoms with van der Waals surface area (Å²) < 4.78 is 1.89. The second kappa shape index (κ2) is 4.76. The average molecular weight is 242 g/mol. The summed E-state index contributed by atoms with van der Waals surface area (Å²) in [6.45, 7) is 2.07. The van der Waals surface area contributed by atoms with E-state index >= 15 is 0 Å². The molecule has 1 saturated carbocycles. The van der Waals surface area contributed by atoms with Gasteiger partial charge in [0.1, 0.15) is 0 Å². The highest BCUT2D eigenvalue weighted by atomic mass is 35.5. The third-order valence-corrected chi connectivity index (χ3v) is 4.12. The van der Waals surface area contributed by atoms with Crippen molar-refractivity contribution in [2.24, 2.45) is 18.7 Å². The molecule has 0 bridgehead atoms. The Kier molecular flexibility index (Phi) is 3.55. The maximum atomic E-state index is 6.30. The predicted molar refractivity (Wildman–Crippen MR) is 66.6 cm³/mol. The standard InChI is InChI=1S/C12H20ClN3/c1-3-10-12(13)11(16(2)15-10)7-9(14)8-5-4-6-8/h8-9H,3-7,14H2,1-2H3. The summed E-state index contributed by atoms with van der Waals surface area (Å²) >= 11 is 6.30. The van der Waals surface area contributed by atoms with Crippen LogP contribution in [0.2, 0.25) is 5.02 Å². The van der Waals surface area contributed by atoms with Gasteiger partial charge in [-0.25, -0.2) is 0 Å². The summed E-state index contributed by atoms with van der Waals surface area (Å²) in [5.41, 5.74) is 8.28. The van der Waals surface area contributed by atoms with Gasteiger partial charge in [-0.1, -0.05) is 24.9 Å². The fraction of sp³-hybridized carbons (Fsp3) is 0.750. The lowest BCUT2D eigenvalue weighted by molar-refractivity contribution is 0.258. The van der Waals surface area contributed by atoms with E-state index in [0.717, 1.165) is 29.3 Å². The van der Waals surface area contributed by atoms with Gasteiger partial charge >= 0.3 is 0 Å². The number of halogens is 1. The minimum absolute atomic E-state index is 0.242. The van der Waals surface area contributed by atoms with Gasteiger partial charge in [-0.3, -0.25) is 4.68 Å². The molecule has 16 heavy (non-hydrogen) atoms. The van der Waals surface area contributed by atoms with Gasteiger partial charge in [-0.2, -0.15) is 5.10 Å². The number of hydrogen-bond acceptors (Lipinski definition) is 2. The van der Waals surface area contributed by atoms with Crippen LogP contribution in [0, 0.1) is 5.92 Å². The maximum Gasteiger partial charge on any atom is 0.0850 e. The van der Waals surface area contributed by atoms with Crippen LogP contribution in [0.1, 0.15) is 37.6 Å². The molecule has 3 nitrogen and oxygen atoms in total. The van der Waals surface area contributed by atoms with Crippen molar-refractivity contribution in [2.75, 3.05) is 0 Å². The van der Waals surface area contributed by atoms with Crippen molar-refractivity contribution in [3.63, 3.8) is 0 Å². The Labute approximate surface area is 102 Å². The molecule has 2 rings (SSSR count). The van der Waals surface area contributed by atoms with Crippen LogP contribution in [0.25, 0.3) is 0 Å². The van der Waals surface area contributed by atoms with Gasteiger partial charge in [0.15, 0.2) is 0 Å². The van der Waals surface area contributed by atoms with Crippen molar-refractivity contribution in [1.29, 1.82) is 0 Å². The van der Waals surface area contributed by atoms with Crippen molar-refractivity contribution in [3.05, 3.63) is 16.4 Å². The summed E-state index contributed by atoms with van der Waals surface area (Å²) in [4.78, 5) is 0. The second-order valence-corrected chi connectivity index (χ2v) is 5.12. The molecule has 1 aliphatic carbocycles. The van der Waals surface area contributed by atoms with E-state index in [4.69, 9.17) is 17.3 Å². The summed E-state index contributed by atoms with van der Waals surface area (Å²) in [5.74, 6) is 0.691. The highest BCUT2D eigenvalue weighted by Crippen LogP contribution is 2.31. The highest BCUT2D eigenvalue weighted by molar-refractivity contribution is 6.31. The van der Waals surface area contributed by atoms with E-state index < -0.39 is 0 Å². The minimum Gasteiger partial charge on any atom is -0.327 e. The Balaban J connectivity index is 2.10. The lowest BCUT2D eigenvalue weighted by Crippen LogP contribution is -2.36. The number of nitrogens with two attached hydrogens (primary N) is 1. The van der Waals surface area contributed by atoms with Gasteiger partial charge in [0, 0.05) is 19.5 Å². The first-order chi connectivity index (χ1) is 7.63. The van der Waals surface area contributed by atoms with Crippen molar-refractivity contribution in [1.82, 2.24) is 9.78 Å². The van der Waals surface area contributed by atoms with Gasteiger partial charge in [-0.15, -0.1) is 0 Å². The topological polar surface area (TPSA) is 43.8 Å². The zero-order chi connectivity index (χ0) is 11.7. The molecule has 1 fully saturated rings. The van der Waals surface area contributed by atoms with Gasteiger partial charge in [0.05, 0.1) is 16.4 Å². The molecule has 0 saturated heterocycles. The Morgan fingerprint density at radius 3 is 2.69 bits per heavy atom. The monoisotopic (exact) mass is 241 g/mol. The second-order valence-electron chi connectivity index (χ2n) is 4.74. The summed E-state index contributed by atoms with van der Waals surface area (Å²) in [6, 6.07) is 0.242. The molecule has 1 heterocycles. The number of hydrogen-bond donors (Lipinski definition) is 1. The Bertz CT molecular complexity index is 369. The minimum atomic E-state index is 0.242. The molecule has 4 heteroatoms. The van der Waals surface area contributed by atoms with Crippen LogP contribution in [-0.4, -0.2) is 15.8 Å². The van der Waals surface area contributed by atoms with Gasteiger partial charge < -0.3 is 5.73 Å². The van der Waals surface area contributed by atoms with Crippen LogP contribution in [-0.2, 0) is 19.9 Å².